The first-order valence-electron chi connectivity index (χ1n) is 16.7. The topological polar surface area (TPSA) is 204 Å². The van der Waals surface area contributed by atoms with Crippen LogP contribution in [0.4, 0.5) is 4.79 Å². The van der Waals surface area contributed by atoms with Gasteiger partial charge in [0.05, 0.1) is 0 Å². The highest BCUT2D eigenvalue weighted by atomic mass is 31.2. The summed E-state index contributed by atoms with van der Waals surface area (Å²) in [5, 5.41) is 8.28. The highest BCUT2D eigenvalue weighted by Gasteiger charge is 2.44. The van der Waals surface area contributed by atoms with Gasteiger partial charge in [-0.15, -0.1) is 0 Å². The lowest BCUT2D eigenvalue weighted by Crippen LogP contribution is -2.59. The van der Waals surface area contributed by atoms with E-state index in [0.29, 0.717) is 44.2 Å². The number of ether oxygens (including phenoxy) is 1. The molecule has 2 aromatic rings. The Kier molecular flexibility index (Phi) is 13.8. The third kappa shape index (κ3) is 11.6. The van der Waals surface area contributed by atoms with Crippen LogP contribution < -0.4 is 20.5 Å². The largest absolute Gasteiger partial charge is 0.524 e. The molecule has 4 rings (SSSR count). The molecule has 2 aliphatic heterocycles. The molecule has 2 aliphatic rings. The molecule has 0 bridgehead atoms. The van der Waals surface area contributed by atoms with E-state index in [9.17, 15) is 28.5 Å². The van der Waals surface area contributed by atoms with E-state index in [1.165, 1.54) is 29.2 Å². The number of carbonyl (C=O) groups is 5. The third-order valence-corrected chi connectivity index (χ3v) is 9.18. The number of phosphoric ester groups is 1. The number of alkyl carbamates (subject to hydrolysis) is 1. The van der Waals surface area contributed by atoms with Crippen molar-refractivity contribution < 1.29 is 47.6 Å². The number of fused-ring (bicyclic) bond motifs is 1. The number of nitrogens with one attached hydrogen (secondary N) is 3. The van der Waals surface area contributed by atoms with Gasteiger partial charge in [0.25, 0.3) is 0 Å². The standard InChI is InChI=1S/C34H46N5O10P/c1-38(2)30(40)13-8-20-35-32(42)29-19-16-25-11-6-7-12-27(33(43)39(25)29)36-31(41)28(37-34(44)48-22-24-9-4-3-5-10-24)21-23-14-17-26(18-15-23)49-50(45,46)47/h3-5,9-10,14-15,17-18,25,27-29H,6-8,11-13,16,19-22H2,1-2H3,(H,35,42)(H,36,41)(H,37,44)(H2,45,46,47)/t25?,27?,28-,29?/m0/s1. The van der Waals surface area contributed by atoms with Crippen LogP contribution in [0.15, 0.2) is 54.6 Å². The molecule has 5 N–H and O–H groups in total. The fourth-order valence-corrected chi connectivity index (χ4v) is 6.56. The molecule has 4 atom stereocenters. The normalized spacial score (nSPS) is 19.6. The van der Waals surface area contributed by atoms with E-state index in [4.69, 9.17) is 14.5 Å². The third-order valence-electron chi connectivity index (χ3n) is 8.73. The molecule has 5 amide bonds. The first-order valence-corrected chi connectivity index (χ1v) is 18.3. The monoisotopic (exact) mass is 715 g/mol. The molecule has 2 fully saturated rings. The molecule has 15 nitrogen and oxygen atoms in total. The Morgan fingerprint density at radius 2 is 1.66 bits per heavy atom. The summed E-state index contributed by atoms with van der Waals surface area (Å²) in [5.74, 6) is -1.43. The number of hydrogen-bond acceptors (Lipinski definition) is 8. The molecule has 0 aliphatic carbocycles. The quantitative estimate of drug-likeness (QED) is 0.143. The maximum atomic E-state index is 14.0. The Balaban J connectivity index is 1.45. The number of hydrogen-bond donors (Lipinski definition) is 5. The maximum Gasteiger partial charge on any atom is 0.524 e. The molecule has 0 radical (unpaired) electrons. The highest BCUT2D eigenvalue weighted by molar-refractivity contribution is 7.46. The Labute approximate surface area is 291 Å². The zero-order valence-electron chi connectivity index (χ0n) is 28.3. The van der Waals surface area contributed by atoms with Gasteiger partial charge in [-0.1, -0.05) is 55.3 Å². The second-order valence-corrected chi connectivity index (χ2v) is 13.9. The summed E-state index contributed by atoms with van der Waals surface area (Å²) in [6, 6.07) is 11.6. The Morgan fingerprint density at radius 3 is 2.34 bits per heavy atom. The molecule has 272 valence electrons. The Bertz CT molecular complexity index is 1530. The van der Waals surface area contributed by atoms with Crippen molar-refractivity contribution in [2.24, 2.45) is 0 Å². The summed E-state index contributed by atoms with van der Waals surface area (Å²) >= 11 is 0. The van der Waals surface area contributed by atoms with Gasteiger partial charge in [0.2, 0.25) is 23.6 Å². The summed E-state index contributed by atoms with van der Waals surface area (Å²) in [6.45, 7) is 0.254. The van der Waals surface area contributed by atoms with Gasteiger partial charge in [-0.2, -0.15) is 0 Å². The van der Waals surface area contributed by atoms with Gasteiger partial charge in [-0.3, -0.25) is 29.0 Å². The smallest absolute Gasteiger partial charge is 0.445 e. The van der Waals surface area contributed by atoms with Crippen molar-refractivity contribution in [2.45, 2.75) is 88.6 Å². The summed E-state index contributed by atoms with van der Waals surface area (Å²) in [5.41, 5.74) is 1.27. The van der Waals surface area contributed by atoms with E-state index >= 15 is 0 Å². The van der Waals surface area contributed by atoms with E-state index in [-0.39, 0.29) is 49.0 Å². The van der Waals surface area contributed by atoms with Crippen LogP contribution in [0.25, 0.3) is 0 Å². The van der Waals surface area contributed by atoms with E-state index < -0.39 is 37.9 Å². The number of phosphoric acid groups is 1. The lowest BCUT2D eigenvalue weighted by Gasteiger charge is -2.35. The van der Waals surface area contributed by atoms with Gasteiger partial charge in [0, 0.05) is 39.5 Å². The minimum absolute atomic E-state index is 0.0394. The minimum Gasteiger partial charge on any atom is -0.445 e. The van der Waals surface area contributed by atoms with Crippen molar-refractivity contribution in [3.63, 3.8) is 0 Å². The molecular formula is C34H46N5O10P. The molecule has 2 heterocycles. The molecule has 50 heavy (non-hydrogen) atoms. The van der Waals surface area contributed by atoms with Crippen molar-refractivity contribution in [3.05, 3.63) is 65.7 Å². The molecule has 2 saturated heterocycles. The SMILES string of the molecule is CN(C)C(=O)CCCNC(=O)C1CCC2CCCCC(NC(=O)[C@H](Cc3ccc(OP(=O)(O)O)cc3)NC(=O)OCc3ccccc3)C(=O)N21. The van der Waals surface area contributed by atoms with Gasteiger partial charge in [0.15, 0.2) is 0 Å². The van der Waals surface area contributed by atoms with Crippen LogP contribution in [-0.4, -0.2) is 94.1 Å². The Morgan fingerprint density at radius 1 is 0.960 bits per heavy atom. The zero-order valence-corrected chi connectivity index (χ0v) is 29.2. The molecule has 3 unspecified atom stereocenters. The fraction of sp³-hybridized carbons (Fsp3) is 0.500. The van der Waals surface area contributed by atoms with Gasteiger partial charge < -0.3 is 35.0 Å². The molecule has 0 spiro atoms. The van der Waals surface area contributed by atoms with E-state index in [1.54, 1.807) is 43.3 Å². The lowest BCUT2D eigenvalue weighted by molar-refractivity contribution is -0.144. The molecule has 0 saturated carbocycles. The van der Waals surface area contributed by atoms with Crippen LogP contribution >= 0.6 is 7.82 Å². The number of carbonyl (C=O) groups excluding carboxylic acids is 5. The van der Waals surface area contributed by atoms with E-state index in [2.05, 4.69) is 20.5 Å². The fourth-order valence-electron chi connectivity index (χ4n) is 6.16. The summed E-state index contributed by atoms with van der Waals surface area (Å²) < 4.78 is 21.2. The summed E-state index contributed by atoms with van der Waals surface area (Å²) in [6.07, 6.45) is 3.56. The predicted octanol–water partition coefficient (Wildman–Crippen LogP) is 2.40. The van der Waals surface area contributed by atoms with Crippen molar-refractivity contribution in [2.75, 3.05) is 20.6 Å². The molecule has 2 aromatic carbocycles. The average Bonchev–Trinajstić information content (AvgIpc) is 3.49. The number of nitrogens with zero attached hydrogens (tertiary/aromatic N) is 2. The minimum atomic E-state index is -4.78. The first-order chi connectivity index (χ1) is 23.8. The molecule has 16 heteroatoms. The van der Waals surface area contributed by atoms with Crippen molar-refractivity contribution >= 4 is 37.5 Å². The van der Waals surface area contributed by atoms with E-state index in [1.807, 2.05) is 6.07 Å². The number of rotatable bonds is 14. The van der Waals surface area contributed by atoms with Crippen molar-refractivity contribution in [1.29, 1.82) is 0 Å². The Hall–Kier alpha value is -4.46. The second kappa shape index (κ2) is 18.0. The van der Waals surface area contributed by atoms with Crippen LogP contribution in [0.1, 0.15) is 62.5 Å². The van der Waals surface area contributed by atoms with Crippen LogP contribution in [0.5, 0.6) is 5.75 Å². The zero-order chi connectivity index (χ0) is 36.3. The number of benzene rings is 2. The van der Waals surface area contributed by atoms with Crippen molar-refractivity contribution in [3.8, 4) is 5.75 Å². The average molecular weight is 716 g/mol. The number of amides is 5. The van der Waals surface area contributed by atoms with Gasteiger partial charge in [-0.05, 0) is 55.4 Å². The molecule has 0 aromatic heterocycles. The first kappa shape index (κ1) is 38.3. The maximum absolute atomic E-state index is 14.0. The van der Waals surface area contributed by atoms with Crippen LogP contribution in [0, 0.1) is 0 Å². The second-order valence-electron chi connectivity index (χ2n) is 12.7. The van der Waals surface area contributed by atoms with Gasteiger partial charge in [-0.25, -0.2) is 9.36 Å². The highest BCUT2D eigenvalue weighted by Crippen LogP contribution is 2.37. The van der Waals surface area contributed by atoms with Crippen LogP contribution in [0.3, 0.4) is 0 Å². The summed E-state index contributed by atoms with van der Waals surface area (Å²) in [7, 11) is -1.44. The predicted molar refractivity (Wildman–Crippen MR) is 181 cm³/mol. The van der Waals surface area contributed by atoms with Crippen LogP contribution in [-0.2, 0) is 41.5 Å². The summed E-state index contributed by atoms with van der Waals surface area (Å²) in [4.78, 5) is 87.2. The van der Waals surface area contributed by atoms with E-state index in [0.717, 1.165) is 18.4 Å². The molecular weight excluding hydrogens is 669 g/mol. The van der Waals surface area contributed by atoms with Gasteiger partial charge >= 0.3 is 13.9 Å². The van der Waals surface area contributed by atoms with Crippen molar-refractivity contribution in [1.82, 2.24) is 25.8 Å². The van der Waals surface area contributed by atoms with Crippen LogP contribution in [0.2, 0.25) is 0 Å². The lowest BCUT2D eigenvalue weighted by atomic mass is 9.98. The van der Waals surface area contributed by atoms with Gasteiger partial charge in [0.1, 0.15) is 30.5 Å².